The molecule has 1 aliphatic heterocycles. The van der Waals surface area contributed by atoms with Crippen LogP contribution in [0.15, 0.2) is 47.1 Å². The van der Waals surface area contributed by atoms with Crippen molar-refractivity contribution in [3.63, 3.8) is 0 Å². The highest BCUT2D eigenvalue weighted by molar-refractivity contribution is 5.95. The standard InChI is InChI=1S/C18H18N2O2/c1-18(12-19)8-4-9-20(13-18)17(21)15-6-2-5-14(11-15)16-7-3-10-22-16/h2-3,5-7,10-11H,4,8-9,13H2,1H3/t18-/m1/s1. The molecule has 1 aromatic heterocycles. The number of likely N-dealkylation sites (tertiary alicyclic amines) is 1. The summed E-state index contributed by atoms with van der Waals surface area (Å²) in [5.74, 6) is 0.727. The zero-order valence-electron chi connectivity index (χ0n) is 12.6. The topological polar surface area (TPSA) is 57.2 Å². The second kappa shape index (κ2) is 5.69. The predicted molar refractivity (Wildman–Crippen MR) is 83.0 cm³/mol. The largest absolute Gasteiger partial charge is 0.464 e. The lowest BCUT2D eigenvalue weighted by molar-refractivity contribution is 0.0630. The lowest BCUT2D eigenvalue weighted by Crippen LogP contribution is -2.44. The van der Waals surface area contributed by atoms with Gasteiger partial charge in [0.05, 0.1) is 17.7 Å². The molecule has 1 atom stereocenters. The summed E-state index contributed by atoms with van der Waals surface area (Å²) in [5.41, 5.74) is 1.08. The van der Waals surface area contributed by atoms with E-state index in [1.807, 2.05) is 43.3 Å². The summed E-state index contributed by atoms with van der Waals surface area (Å²) < 4.78 is 5.38. The lowest BCUT2D eigenvalue weighted by atomic mass is 9.83. The molecule has 4 heteroatoms. The first-order chi connectivity index (χ1) is 10.6. The Morgan fingerprint density at radius 2 is 2.23 bits per heavy atom. The van der Waals surface area contributed by atoms with Crippen LogP contribution < -0.4 is 0 Å². The third-order valence-corrected chi connectivity index (χ3v) is 4.17. The van der Waals surface area contributed by atoms with Crippen molar-refractivity contribution in [2.24, 2.45) is 5.41 Å². The predicted octanol–water partition coefficient (Wildman–Crippen LogP) is 3.71. The maximum atomic E-state index is 12.7. The number of carbonyl (C=O) groups excluding carboxylic acids is 1. The molecule has 4 nitrogen and oxygen atoms in total. The minimum Gasteiger partial charge on any atom is -0.464 e. The van der Waals surface area contributed by atoms with Crippen LogP contribution in [0, 0.1) is 16.7 Å². The van der Waals surface area contributed by atoms with Crippen LogP contribution in [0.4, 0.5) is 0 Å². The molecule has 0 bridgehead atoms. The van der Waals surface area contributed by atoms with E-state index in [-0.39, 0.29) is 5.91 Å². The molecule has 0 N–H and O–H groups in total. The summed E-state index contributed by atoms with van der Waals surface area (Å²) in [5, 5.41) is 9.29. The Balaban J connectivity index is 1.84. The molecule has 2 aromatic rings. The molecular weight excluding hydrogens is 276 g/mol. The van der Waals surface area contributed by atoms with E-state index in [9.17, 15) is 10.1 Å². The Kier molecular flexibility index (Phi) is 3.72. The van der Waals surface area contributed by atoms with Crippen LogP contribution in [0.1, 0.15) is 30.1 Å². The Hall–Kier alpha value is -2.54. The van der Waals surface area contributed by atoms with Gasteiger partial charge in [-0.15, -0.1) is 0 Å². The van der Waals surface area contributed by atoms with Crippen LogP contribution >= 0.6 is 0 Å². The van der Waals surface area contributed by atoms with Crippen molar-refractivity contribution in [2.45, 2.75) is 19.8 Å². The molecule has 1 aliphatic rings. The first-order valence-corrected chi connectivity index (χ1v) is 7.46. The number of amides is 1. The van der Waals surface area contributed by atoms with E-state index in [0.29, 0.717) is 18.7 Å². The van der Waals surface area contributed by atoms with Crippen molar-refractivity contribution >= 4 is 5.91 Å². The van der Waals surface area contributed by atoms with E-state index in [1.165, 1.54) is 0 Å². The van der Waals surface area contributed by atoms with Gasteiger partial charge in [-0.3, -0.25) is 4.79 Å². The van der Waals surface area contributed by atoms with E-state index in [0.717, 1.165) is 24.2 Å². The Morgan fingerprint density at radius 1 is 1.36 bits per heavy atom. The lowest BCUT2D eigenvalue weighted by Gasteiger charge is -2.36. The van der Waals surface area contributed by atoms with Gasteiger partial charge in [-0.25, -0.2) is 0 Å². The van der Waals surface area contributed by atoms with Gasteiger partial charge in [-0.05, 0) is 44.0 Å². The van der Waals surface area contributed by atoms with Crippen molar-refractivity contribution < 1.29 is 9.21 Å². The highest BCUT2D eigenvalue weighted by Gasteiger charge is 2.33. The number of furan rings is 1. The maximum absolute atomic E-state index is 12.7. The van der Waals surface area contributed by atoms with Crippen LogP contribution in [0.2, 0.25) is 0 Å². The first kappa shape index (κ1) is 14.4. The van der Waals surface area contributed by atoms with Gasteiger partial charge in [0.25, 0.3) is 5.91 Å². The fourth-order valence-electron chi connectivity index (χ4n) is 2.93. The second-order valence-electron chi connectivity index (χ2n) is 6.06. The molecular formula is C18H18N2O2. The van der Waals surface area contributed by atoms with Gasteiger partial charge in [-0.2, -0.15) is 5.26 Å². The second-order valence-corrected chi connectivity index (χ2v) is 6.06. The van der Waals surface area contributed by atoms with Gasteiger partial charge in [0, 0.05) is 24.2 Å². The highest BCUT2D eigenvalue weighted by Crippen LogP contribution is 2.30. The third kappa shape index (κ3) is 2.75. The zero-order valence-corrected chi connectivity index (χ0v) is 12.6. The Bertz CT molecular complexity index is 715. The van der Waals surface area contributed by atoms with Gasteiger partial charge in [0.1, 0.15) is 5.76 Å². The number of nitrogens with zero attached hydrogens (tertiary/aromatic N) is 2. The van der Waals surface area contributed by atoms with Crippen molar-refractivity contribution in [3.8, 4) is 17.4 Å². The molecule has 3 rings (SSSR count). The fraction of sp³-hybridized carbons (Fsp3) is 0.333. The summed E-state index contributed by atoms with van der Waals surface area (Å²) in [6, 6.07) is 13.5. The number of piperidine rings is 1. The van der Waals surface area contributed by atoms with Crippen LogP contribution in [-0.4, -0.2) is 23.9 Å². The maximum Gasteiger partial charge on any atom is 0.253 e. The molecule has 1 saturated heterocycles. The highest BCUT2D eigenvalue weighted by atomic mass is 16.3. The van der Waals surface area contributed by atoms with Gasteiger partial charge >= 0.3 is 0 Å². The number of hydrogen-bond acceptors (Lipinski definition) is 3. The Morgan fingerprint density at radius 3 is 2.95 bits per heavy atom. The quantitative estimate of drug-likeness (QED) is 0.848. The van der Waals surface area contributed by atoms with Crippen LogP contribution in [-0.2, 0) is 0 Å². The molecule has 112 valence electrons. The smallest absolute Gasteiger partial charge is 0.253 e. The minimum atomic E-state index is -0.438. The van der Waals surface area contributed by atoms with Crippen LogP contribution in [0.3, 0.4) is 0 Å². The van der Waals surface area contributed by atoms with Crippen molar-refractivity contribution in [3.05, 3.63) is 48.2 Å². The van der Waals surface area contributed by atoms with Crippen LogP contribution in [0.25, 0.3) is 11.3 Å². The third-order valence-electron chi connectivity index (χ3n) is 4.17. The van der Waals surface area contributed by atoms with E-state index >= 15 is 0 Å². The molecule has 1 aromatic carbocycles. The number of carbonyl (C=O) groups is 1. The van der Waals surface area contributed by atoms with E-state index in [2.05, 4.69) is 6.07 Å². The monoisotopic (exact) mass is 294 g/mol. The molecule has 22 heavy (non-hydrogen) atoms. The summed E-state index contributed by atoms with van der Waals surface area (Å²) in [6.45, 7) is 3.13. The average molecular weight is 294 g/mol. The SMILES string of the molecule is C[C@]1(C#N)CCCN(C(=O)c2cccc(-c3ccco3)c2)C1. The average Bonchev–Trinajstić information content (AvgIpc) is 3.09. The first-order valence-electron chi connectivity index (χ1n) is 7.46. The summed E-state index contributed by atoms with van der Waals surface area (Å²) in [4.78, 5) is 14.5. The van der Waals surface area contributed by atoms with E-state index < -0.39 is 5.41 Å². The zero-order chi connectivity index (χ0) is 15.6. The van der Waals surface area contributed by atoms with Gasteiger partial charge in [0.15, 0.2) is 0 Å². The number of nitriles is 1. The number of rotatable bonds is 2. The summed E-state index contributed by atoms with van der Waals surface area (Å²) in [6.07, 6.45) is 3.33. The molecule has 0 radical (unpaired) electrons. The number of benzene rings is 1. The Labute approximate surface area is 130 Å². The fourth-order valence-corrected chi connectivity index (χ4v) is 2.93. The normalized spacial score (nSPS) is 21.4. The minimum absolute atomic E-state index is 0.0189. The molecule has 2 heterocycles. The number of hydrogen-bond donors (Lipinski definition) is 0. The van der Waals surface area contributed by atoms with Gasteiger partial charge in [-0.1, -0.05) is 12.1 Å². The van der Waals surface area contributed by atoms with Gasteiger partial charge in [0.2, 0.25) is 0 Å². The van der Waals surface area contributed by atoms with E-state index in [1.54, 1.807) is 11.2 Å². The molecule has 1 fully saturated rings. The van der Waals surface area contributed by atoms with Crippen LogP contribution in [0.5, 0.6) is 0 Å². The molecule has 0 unspecified atom stereocenters. The van der Waals surface area contributed by atoms with Crippen molar-refractivity contribution in [1.82, 2.24) is 4.90 Å². The molecule has 1 amide bonds. The summed E-state index contributed by atoms with van der Waals surface area (Å²) in [7, 11) is 0. The van der Waals surface area contributed by atoms with Crippen molar-refractivity contribution in [1.29, 1.82) is 5.26 Å². The molecule has 0 saturated carbocycles. The van der Waals surface area contributed by atoms with Gasteiger partial charge < -0.3 is 9.32 Å². The van der Waals surface area contributed by atoms with E-state index in [4.69, 9.17) is 4.42 Å². The summed E-state index contributed by atoms with van der Waals surface area (Å²) >= 11 is 0. The molecule has 0 spiro atoms. The van der Waals surface area contributed by atoms with Crippen molar-refractivity contribution in [2.75, 3.05) is 13.1 Å². The molecule has 0 aliphatic carbocycles.